The maximum atomic E-state index is 4.01. The van der Waals surface area contributed by atoms with Crippen LogP contribution in [0.2, 0.25) is 0 Å². The van der Waals surface area contributed by atoms with Crippen LogP contribution in [-0.4, -0.2) is 30.6 Å². The molecule has 4 unspecified atom stereocenters. The number of piperidine rings is 1. The van der Waals surface area contributed by atoms with Gasteiger partial charge in [0.1, 0.15) is 0 Å². The van der Waals surface area contributed by atoms with E-state index in [9.17, 15) is 0 Å². The molecule has 2 fully saturated rings. The second-order valence-electron chi connectivity index (χ2n) is 7.62. The predicted octanol–water partition coefficient (Wildman–Crippen LogP) is 3.46. The van der Waals surface area contributed by atoms with Gasteiger partial charge in [-0.1, -0.05) is 51.1 Å². The Morgan fingerprint density at radius 2 is 1.80 bits per heavy atom. The molecule has 1 N–H and O–H groups in total. The standard InChI is InChI=1S/C18H28N2/c1-18(2,3)17(14-7-5-4-6-8-14)19-16-10-12-20-11-9-15(16)13-20/h4-8,15-17,19H,9-13H2,1-3H3. The molecule has 2 bridgehead atoms. The molecule has 20 heavy (non-hydrogen) atoms. The second-order valence-corrected chi connectivity index (χ2v) is 7.62. The summed E-state index contributed by atoms with van der Waals surface area (Å²) < 4.78 is 0. The first-order chi connectivity index (χ1) is 9.54. The fourth-order valence-corrected chi connectivity index (χ4v) is 3.88. The second kappa shape index (κ2) is 5.50. The van der Waals surface area contributed by atoms with Crippen LogP contribution in [-0.2, 0) is 0 Å². The zero-order chi connectivity index (χ0) is 14.2. The summed E-state index contributed by atoms with van der Waals surface area (Å²) in [5, 5.41) is 4.01. The van der Waals surface area contributed by atoms with Gasteiger partial charge in [0.2, 0.25) is 0 Å². The molecular formula is C18H28N2. The SMILES string of the molecule is CC(C)(C)C(NC1CCN2CCC1C2)c1ccccc1. The molecule has 0 spiro atoms. The van der Waals surface area contributed by atoms with E-state index in [4.69, 9.17) is 0 Å². The molecule has 3 rings (SSSR count). The first-order valence-corrected chi connectivity index (χ1v) is 8.07. The molecule has 0 amide bonds. The summed E-state index contributed by atoms with van der Waals surface area (Å²) in [5.41, 5.74) is 1.68. The summed E-state index contributed by atoms with van der Waals surface area (Å²) >= 11 is 0. The molecule has 2 heteroatoms. The van der Waals surface area contributed by atoms with Gasteiger partial charge in [-0.15, -0.1) is 0 Å². The highest BCUT2D eigenvalue weighted by molar-refractivity contribution is 5.21. The Morgan fingerprint density at radius 1 is 1.10 bits per heavy atom. The fraction of sp³-hybridized carbons (Fsp3) is 0.667. The van der Waals surface area contributed by atoms with E-state index in [0.717, 1.165) is 5.92 Å². The normalized spacial score (nSPS) is 31.2. The molecule has 4 atom stereocenters. The fourth-order valence-electron chi connectivity index (χ4n) is 3.88. The number of hydrogen-bond acceptors (Lipinski definition) is 2. The lowest BCUT2D eigenvalue weighted by Gasteiger charge is -2.39. The van der Waals surface area contributed by atoms with Crippen molar-refractivity contribution in [1.29, 1.82) is 0 Å². The van der Waals surface area contributed by atoms with Gasteiger partial charge in [0.25, 0.3) is 0 Å². The van der Waals surface area contributed by atoms with Gasteiger partial charge in [-0.25, -0.2) is 0 Å². The van der Waals surface area contributed by atoms with Crippen LogP contribution in [0.5, 0.6) is 0 Å². The molecule has 1 aromatic rings. The summed E-state index contributed by atoms with van der Waals surface area (Å²) in [6.07, 6.45) is 2.69. The first kappa shape index (κ1) is 14.1. The predicted molar refractivity (Wildman–Crippen MR) is 84.7 cm³/mol. The Balaban J connectivity index is 1.77. The van der Waals surface area contributed by atoms with E-state index in [1.165, 1.54) is 38.0 Å². The molecule has 0 aromatic heterocycles. The number of nitrogens with one attached hydrogen (secondary N) is 1. The van der Waals surface area contributed by atoms with Crippen molar-refractivity contribution in [3.63, 3.8) is 0 Å². The van der Waals surface area contributed by atoms with Crippen molar-refractivity contribution in [1.82, 2.24) is 10.2 Å². The van der Waals surface area contributed by atoms with Crippen molar-refractivity contribution in [2.24, 2.45) is 11.3 Å². The number of hydrogen-bond donors (Lipinski definition) is 1. The van der Waals surface area contributed by atoms with Gasteiger partial charge in [0.05, 0.1) is 0 Å². The Labute approximate surface area is 123 Å². The van der Waals surface area contributed by atoms with E-state index in [0.29, 0.717) is 12.1 Å². The zero-order valence-electron chi connectivity index (χ0n) is 13.1. The van der Waals surface area contributed by atoms with Gasteiger partial charge in [-0.3, -0.25) is 0 Å². The molecule has 2 nitrogen and oxygen atoms in total. The maximum Gasteiger partial charge on any atom is 0.0371 e. The summed E-state index contributed by atoms with van der Waals surface area (Å²) in [7, 11) is 0. The van der Waals surface area contributed by atoms with E-state index < -0.39 is 0 Å². The lowest BCUT2D eigenvalue weighted by atomic mass is 9.80. The van der Waals surface area contributed by atoms with E-state index in [1.54, 1.807) is 0 Å². The van der Waals surface area contributed by atoms with Crippen molar-refractivity contribution in [3.05, 3.63) is 35.9 Å². The number of rotatable bonds is 3. The first-order valence-electron chi connectivity index (χ1n) is 8.07. The van der Waals surface area contributed by atoms with Crippen LogP contribution < -0.4 is 5.32 Å². The minimum absolute atomic E-state index is 0.247. The topological polar surface area (TPSA) is 15.3 Å². The molecule has 1 aromatic carbocycles. The van der Waals surface area contributed by atoms with Gasteiger partial charge in [-0.2, -0.15) is 0 Å². The minimum atomic E-state index is 0.247. The third-order valence-electron chi connectivity index (χ3n) is 5.01. The van der Waals surface area contributed by atoms with Crippen molar-refractivity contribution in [2.75, 3.05) is 19.6 Å². The lowest BCUT2D eigenvalue weighted by Crippen LogP contribution is -2.47. The molecule has 2 aliphatic heterocycles. The van der Waals surface area contributed by atoms with Gasteiger partial charge >= 0.3 is 0 Å². The van der Waals surface area contributed by atoms with Crippen LogP contribution in [0.25, 0.3) is 0 Å². The van der Waals surface area contributed by atoms with Gasteiger partial charge < -0.3 is 10.2 Å². The zero-order valence-corrected chi connectivity index (χ0v) is 13.1. The highest BCUT2D eigenvalue weighted by atomic mass is 15.2. The Bertz CT molecular complexity index is 434. The number of nitrogens with zero attached hydrogens (tertiary/aromatic N) is 1. The monoisotopic (exact) mass is 272 g/mol. The lowest BCUT2D eigenvalue weighted by molar-refractivity contribution is 0.172. The van der Waals surface area contributed by atoms with E-state index in [1.807, 2.05) is 0 Å². The van der Waals surface area contributed by atoms with Crippen molar-refractivity contribution >= 4 is 0 Å². The average molecular weight is 272 g/mol. The molecule has 2 saturated heterocycles. The summed E-state index contributed by atoms with van der Waals surface area (Å²) in [5.74, 6) is 0.859. The van der Waals surface area contributed by atoms with E-state index >= 15 is 0 Å². The highest BCUT2D eigenvalue weighted by Gasteiger charge is 2.37. The van der Waals surface area contributed by atoms with Crippen LogP contribution in [0.1, 0.15) is 45.2 Å². The van der Waals surface area contributed by atoms with Gasteiger partial charge in [0, 0.05) is 18.6 Å². The van der Waals surface area contributed by atoms with Crippen molar-refractivity contribution in [2.45, 2.75) is 45.7 Å². The highest BCUT2D eigenvalue weighted by Crippen LogP contribution is 2.36. The van der Waals surface area contributed by atoms with E-state index in [2.05, 4.69) is 61.3 Å². The van der Waals surface area contributed by atoms with Crippen LogP contribution in [0, 0.1) is 11.3 Å². The summed E-state index contributed by atoms with van der Waals surface area (Å²) in [6, 6.07) is 12.1. The summed E-state index contributed by atoms with van der Waals surface area (Å²) in [6.45, 7) is 10.9. The van der Waals surface area contributed by atoms with Crippen molar-refractivity contribution in [3.8, 4) is 0 Å². The molecule has 0 radical (unpaired) electrons. The number of fused-ring (bicyclic) bond motifs is 2. The molecule has 0 aliphatic carbocycles. The van der Waals surface area contributed by atoms with E-state index in [-0.39, 0.29) is 5.41 Å². The van der Waals surface area contributed by atoms with Crippen LogP contribution in [0.4, 0.5) is 0 Å². The van der Waals surface area contributed by atoms with Gasteiger partial charge in [-0.05, 0) is 42.8 Å². The van der Waals surface area contributed by atoms with Crippen LogP contribution in [0.3, 0.4) is 0 Å². The van der Waals surface area contributed by atoms with Crippen molar-refractivity contribution < 1.29 is 0 Å². The van der Waals surface area contributed by atoms with Gasteiger partial charge in [0.15, 0.2) is 0 Å². The third-order valence-corrected chi connectivity index (χ3v) is 5.01. The maximum absolute atomic E-state index is 4.01. The Morgan fingerprint density at radius 3 is 2.50 bits per heavy atom. The smallest absolute Gasteiger partial charge is 0.0371 e. The molecule has 0 saturated carbocycles. The molecule has 2 heterocycles. The third kappa shape index (κ3) is 2.91. The molecular weight excluding hydrogens is 244 g/mol. The Kier molecular flexibility index (Phi) is 3.87. The Hall–Kier alpha value is -0.860. The average Bonchev–Trinajstić information content (AvgIpc) is 2.80. The minimum Gasteiger partial charge on any atom is -0.306 e. The largest absolute Gasteiger partial charge is 0.306 e. The van der Waals surface area contributed by atoms with Crippen LogP contribution >= 0.6 is 0 Å². The summed E-state index contributed by atoms with van der Waals surface area (Å²) in [4.78, 5) is 2.62. The van der Waals surface area contributed by atoms with Crippen LogP contribution in [0.15, 0.2) is 30.3 Å². The quantitative estimate of drug-likeness (QED) is 0.906. The number of benzene rings is 1. The molecule has 2 aliphatic rings. The molecule has 110 valence electrons.